The quantitative estimate of drug-likeness (QED) is 0.555. The van der Waals surface area contributed by atoms with Crippen LogP contribution in [0.1, 0.15) is 28.8 Å². The molecule has 0 spiro atoms. The average molecular weight is 389 g/mol. The molecule has 0 radical (unpaired) electrons. The van der Waals surface area contributed by atoms with Crippen molar-refractivity contribution in [3.8, 4) is 0 Å². The van der Waals surface area contributed by atoms with Crippen molar-refractivity contribution >= 4 is 34.1 Å². The van der Waals surface area contributed by atoms with Gasteiger partial charge < -0.3 is 14.9 Å². The van der Waals surface area contributed by atoms with E-state index in [0.717, 1.165) is 5.56 Å². The minimum atomic E-state index is -3.78. The summed E-state index contributed by atoms with van der Waals surface area (Å²) in [4.78, 5) is 11.5. The second-order valence-electron chi connectivity index (χ2n) is 5.13. The van der Waals surface area contributed by atoms with Crippen molar-refractivity contribution in [2.24, 2.45) is 0 Å². The van der Waals surface area contributed by atoms with Crippen LogP contribution in [0, 0.1) is 0 Å². The van der Waals surface area contributed by atoms with Gasteiger partial charge in [0, 0.05) is 24.7 Å². The number of rotatable bonds is 7. The Labute approximate surface area is 153 Å². The van der Waals surface area contributed by atoms with Gasteiger partial charge in [0.2, 0.25) is 15.8 Å². The molecule has 1 heterocycles. The Hall–Kier alpha value is -2.03. The minimum absolute atomic E-state index is 0. The van der Waals surface area contributed by atoms with Crippen molar-refractivity contribution in [1.82, 2.24) is 4.72 Å². The van der Waals surface area contributed by atoms with Gasteiger partial charge in [0.15, 0.2) is 0 Å². The van der Waals surface area contributed by atoms with Gasteiger partial charge in [0.25, 0.3) is 0 Å². The predicted octanol–water partition coefficient (Wildman–Crippen LogP) is 2.15. The fraction of sp³-hybridized carbons (Fsp3) is 0.312. The maximum absolute atomic E-state index is 12.4. The first-order chi connectivity index (χ1) is 11.4. The van der Waals surface area contributed by atoms with Gasteiger partial charge in [-0.1, -0.05) is 19.1 Å². The summed E-state index contributed by atoms with van der Waals surface area (Å²) in [5, 5.41) is 0. The van der Waals surface area contributed by atoms with Crippen LogP contribution in [-0.4, -0.2) is 28.0 Å². The van der Waals surface area contributed by atoms with Crippen molar-refractivity contribution < 1.29 is 22.4 Å². The molecule has 0 saturated heterocycles. The number of aryl methyl sites for hydroxylation is 1. The number of nitrogen functional groups attached to an aromatic ring is 1. The molecule has 0 aliphatic carbocycles. The lowest BCUT2D eigenvalue weighted by molar-refractivity contribution is 0.0563. The van der Waals surface area contributed by atoms with Crippen molar-refractivity contribution in [3.63, 3.8) is 0 Å². The van der Waals surface area contributed by atoms with Crippen molar-refractivity contribution in [2.45, 2.75) is 24.7 Å². The van der Waals surface area contributed by atoms with Gasteiger partial charge in [-0.15, -0.1) is 12.4 Å². The second-order valence-corrected chi connectivity index (χ2v) is 6.87. The van der Waals surface area contributed by atoms with Gasteiger partial charge in [-0.3, -0.25) is 0 Å². The SMILES string of the molecule is CCc1oc(C(=O)OC)cc1S(=O)(=O)NCCc1ccc(N)cc1.Cl. The molecule has 0 aliphatic heterocycles. The maximum Gasteiger partial charge on any atom is 0.373 e. The number of methoxy groups -OCH3 is 1. The van der Waals surface area contributed by atoms with Crippen LogP contribution in [-0.2, 0) is 27.6 Å². The fourth-order valence-corrected chi connectivity index (χ4v) is 3.45. The number of carbonyl (C=O) groups excluding carboxylic acids is 1. The minimum Gasteiger partial charge on any atom is -0.463 e. The number of furan rings is 1. The standard InChI is InChI=1S/C16H20N2O5S.ClH/c1-3-13-15(10-14(23-13)16(19)22-2)24(20,21)18-9-8-11-4-6-12(17)7-5-11;/h4-7,10,18H,3,8-9,17H2,1-2H3;1H. The largest absolute Gasteiger partial charge is 0.463 e. The van der Waals surface area contributed by atoms with Crippen LogP contribution in [0.5, 0.6) is 0 Å². The molecule has 1 aromatic heterocycles. The summed E-state index contributed by atoms with van der Waals surface area (Å²) in [7, 11) is -2.57. The van der Waals surface area contributed by atoms with Gasteiger partial charge in [0.05, 0.1) is 7.11 Å². The lowest BCUT2D eigenvalue weighted by Gasteiger charge is -2.06. The van der Waals surface area contributed by atoms with E-state index >= 15 is 0 Å². The highest BCUT2D eigenvalue weighted by Gasteiger charge is 2.25. The highest BCUT2D eigenvalue weighted by Crippen LogP contribution is 2.22. The van der Waals surface area contributed by atoms with Crippen LogP contribution in [0.2, 0.25) is 0 Å². The number of carbonyl (C=O) groups is 1. The molecule has 0 atom stereocenters. The van der Waals surface area contributed by atoms with Gasteiger partial charge in [-0.25, -0.2) is 17.9 Å². The highest BCUT2D eigenvalue weighted by atomic mass is 35.5. The fourth-order valence-electron chi connectivity index (χ4n) is 2.18. The molecule has 9 heteroatoms. The second kappa shape index (κ2) is 8.89. The Morgan fingerprint density at radius 1 is 1.28 bits per heavy atom. The molecule has 3 N–H and O–H groups in total. The van der Waals surface area contributed by atoms with Crippen molar-refractivity contribution in [1.29, 1.82) is 0 Å². The van der Waals surface area contributed by atoms with Gasteiger partial charge >= 0.3 is 5.97 Å². The third-order valence-corrected chi connectivity index (χ3v) is 4.96. The number of hydrogen-bond donors (Lipinski definition) is 2. The van der Waals surface area contributed by atoms with Crippen LogP contribution in [0.25, 0.3) is 0 Å². The predicted molar refractivity (Wildman–Crippen MR) is 96.4 cm³/mol. The first kappa shape index (κ1) is 21.0. The van der Waals surface area contributed by atoms with E-state index in [1.807, 2.05) is 12.1 Å². The molecule has 7 nitrogen and oxygen atoms in total. The monoisotopic (exact) mass is 388 g/mol. The summed E-state index contributed by atoms with van der Waals surface area (Å²) in [5.74, 6) is -0.628. The number of anilines is 1. The number of hydrogen-bond acceptors (Lipinski definition) is 6. The van der Waals surface area contributed by atoms with E-state index in [2.05, 4.69) is 9.46 Å². The van der Waals surface area contributed by atoms with Gasteiger partial charge in [-0.2, -0.15) is 0 Å². The van der Waals surface area contributed by atoms with E-state index < -0.39 is 16.0 Å². The van der Waals surface area contributed by atoms with Crippen molar-refractivity contribution in [3.05, 3.63) is 47.4 Å². The van der Waals surface area contributed by atoms with Crippen LogP contribution in [0.4, 0.5) is 5.69 Å². The Balaban J connectivity index is 0.00000312. The van der Waals surface area contributed by atoms with E-state index in [1.165, 1.54) is 13.2 Å². The molecule has 0 unspecified atom stereocenters. The lowest BCUT2D eigenvalue weighted by atomic mass is 10.1. The number of halogens is 1. The molecule has 138 valence electrons. The Morgan fingerprint density at radius 2 is 1.92 bits per heavy atom. The number of esters is 1. The molecular formula is C16H21ClN2O5S. The highest BCUT2D eigenvalue weighted by molar-refractivity contribution is 7.89. The van der Waals surface area contributed by atoms with Gasteiger partial charge in [0.1, 0.15) is 10.7 Å². The normalized spacial score (nSPS) is 11.0. The summed E-state index contributed by atoms with van der Waals surface area (Å²) in [6.45, 7) is 1.96. The molecule has 25 heavy (non-hydrogen) atoms. The van der Waals surface area contributed by atoms with E-state index in [1.54, 1.807) is 19.1 Å². The maximum atomic E-state index is 12.4. The van der Waals surface area contributed by atoms with Crippen LogP contribution >= 0.6 is 12.4 Å². The topological polar surface area (TPSA) is 112 Å². The number of sulfonamides is 1. The summed E-state index contributed by atoms with van der Waals surface area (Å²) in [5.41, 5.74) is 7.23. The zero-order valence-electron chi connectivity index (χ0n) is 13.9. The summed E-state index contributed by atoms with van der Waals surface area (Å²) < 4.78 is 37.2. The van der Waals surface area contributed by atoms with E-state index in [0.29, 0.717) is 18.5 Å². The summed E-state index contributed by atoms with van der Waals surface area (Å²) >= 11 is 0. The average Bonchev–Trinajstić information content (AvgIpc) is 3.01. The van der Waals surface area contributed by atoms with E-state index in [9.17, 15) is 13.2 Å². The molecule has 0 amide bonds. The molecule has 0 saturated carbocycles. The summed E-state index contributed by atoms with van der Waals surface area (Å²) in [6, 6.07) is 8.40. The zero-order valence-corrected chi connectivity index (χ0v) is 15.6. The molecule has 2 rings (SSSR count). The van der Waals surface area contributed by atoms with Crippen LogP contribution < -0.4 is 10.5 Å². The third-order valence-electron chi connectivity index (χ3n) is 3.45. The smallest absolute Gasteiger partial charge is 0.373 e. The summed E-state index contributed by atoms with van der Waals surface area (Å²) in [6.07, 6.45) is 0.855. The number of nitrogens with two attached hydrogens (primary N) is 1. The molecule has 0 aliphatic rings. The Kier molecular flexibility index (Phi) is 7.47. The number of ether oxygens (including phenoxy) is 1. The Morgan fingerprint density at radius 3 is 2.48 bits per heavy atom. The molecular weight excluding hydrogens is 368 g/mol. The van der Waals surface area contributed by atoms with Crippen LogP contribution in [0.15, 0.2) is 39.6 Å². The first-order valence-electron chi connectivity index (χ1n) is 7.42. The number of benzene rings is 1. The van der Waals surface area contributed by atoms with Gasteiger partial charge in [-0.05, 0) is 24.1 Å². The van der Waals surface area contributed by atoms with E-state index in [-0.39, 0.29) is 35.4 Å². The molecule has 0 fully saturated rings. The third kappa shape index (κ3) is 5.22. The zero-order chi connectivity index (χ0) is 17.7. The first-order valence-corrected chi connectivity index (χ1v) is 8.90. The van der Waals surface area contributed by atoms with Crippen LogP contribution in [0.3, 0.4) is 0 Å². The molecule has 1 aromatic carbocycles. The molecule has 2 aromatic rings. The number of nitrogens with one attached hydrogen (secondary N) is 1. The Bertz CT molecular complexity index is 816. The van der Waals surface area contributed by atoms with Crippen molar-refractivity contribution in [2.75, 3.05) is 19.4 Å². The lowest BCUT2D eigenvalue weighted by Crippen LogP contribution is -2.26. The van der Waals surface area contributed by atoms with E-state index in [4.69, 9.17) is 10.2 Å². The molecule has 0 bridgehead atoms.